The SMILES string of the molecule is C=CCN(C(=O)C1N([C@@H](CO)C(C)C)C(=O)[C@@H]2[C@H](C(=O)O)[C@]3(CC)CCC12O3)c1ccc2ccccc2c1. The summed E-state index contributed by atoms with van der Waals surface area (Å²) in [6.45, 7) is 9.35. The standard InChI is InChI=1S/C30H36N2O6/c1-5-15-31(21-12-11-19-9-7-8-10-20(19)16-21)27(35)25-30-14-13-29(6-2,38-30)24(28(36)37)23(30)26(34)32(25)22(17-33)18(3)4/h5,7-12,16,18,22-25,33H,1,6,13-15,17H2,2-4H3,(H,36,37)/t22-,23-,24+,25?,29-,30?/m0/s1. The van der Waals surface area contributed by atoms with Gasteiger partial charge in [0.05, 0.1) is 24.2 Å². The molecular formula is C30H36N2O6. The lowest BCUT2D eigenvalue weighted by molar-refractivity contribution is -0.158. The van der Waals surface area contributed by atoms with Crippen LogP contribution in [0.4, 0.5) is 5.69 Å². The van der Waals surface area contributed by atoms with Gasteiger partial charge < -0.3 is 24.7 Å². The largest absolute Gasteiger partial charge is 0.481 e. The minimum atomic E-state index is -1.27. The van der Waals surface area contributed by atoms with Crippen LogP contribution in [0.3, 0.4) is 0 Å². The van der Waals surface area contributed by atoms with Crippen LogP contribution in [0.2, 0.25) is 0 Å². The number of nitrogens with zero attached hydrogens (tertiary/aromatic N) is 2. The molecule has 202 valence electrons. The third kappa shape index (κ3) is 3.61. The van der Waals surface area contributed by atoms with Crippen LogP contribution in [0.15, 0.2) is 55.1 Å². The molecule has 8 nitrogen and oxygen atoms in total. The summed E-state index contributed by atoms with van der Waals surface area (Å²) in [6, 6.07) is 11.9. The number of anilines is 1. The Kier molecular flexibility index (Phi) is 6.60. The number of carboxylic acid groups (broad SMARTS) is 1. The van der Waals surface area contributed by atoms with Gasteiger partial charge in [-0.3, -0.25) is 14.4 Å². The molecule has 3 aliphatic rings. The number of carbonyl (C=O) groups excluding carboxylic acids is 2. The molecule has 2 bridgehead atoms. The maximum atomic E-state index is 14.6. The smallest absolute Gasteiger partial charge is 0.310 e. The summed E-state index contributed by atoms with van der Waals surface area (Å²) in [7, 11) is 0. The summed E-state index contributed by atoms with van der Waals surface area (Å²) in [6.07, 6.45) is 2.94. The molecule has 2 N–H and O–H groups in total. The topological polar surface area (TPSA) is 107 Å². The van der Waals surface area contributed by atoms with Crippen molar-refractivity contribution in [2.75, 3.05) is 18.1 Å². The molecule has 3 saturated heterocycles. The van der Waals surface area contributed by atoms with Crippen molar-refractivity contribution in [2.45, 2.75) is 63.3 Å². The third-order valence-corrected chi connectivity index (χ3v) is 9.06. The third-order valence-electron chi connectivity index (χ3n) is 9.06. The molecule has 2 aromatic carbocycles. The van der Waals surface area contributed by atoms with Crippen molar-refractivity contribution >= 4 is 34.2 Å². The number of hydrogen-bond acceptors (Lipinski definition) is 5. The predicted octanol–water partition coefficient (Wildman–Crippen LogP) is 3.62. The number of amides is 2. The van der Waals surface area contributed by atoms with Gasteiger partial charge in [-0.05, 0) is 48.1 Å². The fourth-order valence-corrected chi connectivity index (χ4v) is 7.23. The van der Waals surface area contributed by atoms with Crippen LogP contribution in [0.5, 0.6) is 0 Å². The number of ether oxygens (including phenoxy) is 1. The van der Waals surface area contributed by atoms with Crippen LogP contribution in [-0.2, 0) is 19.1 Å². The van der Waals surface area contributed by atoms with Gasteiger partial charge in [0.1, 0.15) is 17.6 Å². The normalized spacial score (nSPS) is 30.6. The van der Waals surface area contributed by atoms with Crippen molar-refractivity contribution in [3.63, 3.8) is 0 Å². The summed E-state index contributed by atoms with van der Waals surface area (Å²) >= 11 is 0. The van der Waals surface area contributed by atoms with Gasteiger partial charge >= 0.3 is 5.97 Å². The van der Waals surface area contributed by atoms with E-state index in [2.05, 4.69) is 6.58 Å². The fourth-order valence-electron chi connectivity index (χ4n) is 7.23. The lowest BCUT2D eigenvalue weighted by Gasteiger charge is -2.40. The van der Waals surface area contributed by atoms with E-state index in [0.29, 0.717) is 24.9 Å². The second kappa shape index (κ2) is 9.50. The average molecular weight is 521 g/mol. The number of carbonyl (C=O) groups is 3. The highest BCUT2D eigenvalue weighted by atomic mass is 16.5. The first-order chi connectivity index (χ1) is 18.2. The first kappa shape index (κ1) is 26.4. The van der Waals surface area contributed by atoms with Crippen LogP contribution < -0.4 is 4.90 Å². The molecule has 3 aliphatic heterocycles. The van der Waals surface area contributed by atoms with Gasteiger partial charge in [-0.15, -0.1) is 6.58 Å². The quantitative estimate of drug-likeness (QED) is 0.489. The number of carboxylic acids is 1. The van der Waals surface area contributed by atoms with Gasteiger partial charge in [0.2, 0.25) is 5.91 Å². The Balaban J connectivity index is 1.66. The molecule has 2 amide bonds. The highest BCUT2D eigenvalue weighted by Gasteiger charge is 2.79. The number of aliphatic carboxylic acids is 1. The second-order valence-electron chi connectivity index (χ2n) is 11.2. The van der Waals surface area contributed by atoms with Crippen molar-refractivity contribution in [3.8, 4) is 0 Å². The average Bonchev–Trinajstić information content (AvgIpc) is 3.51. The molecule has 38 heavy (non-hydrogen) atoms. The number of hydrogen-bond donors (Lipinski definition) is 2. The van der Waals surface area contributed by atoms with E-state index in [-0.39, 0.29) is 25.0 Å². The second-order valence-corrected chi connectivity index (χ2v) is 11.2. The van der Waals surface area contributed by atoms with Crippen molar-refractivity contribution in [1.29, 1.82) is 0 Å². The van der Waals surface area contributed by atoms with E-state index in [4.69, 9.17) is 4.74 Å². The monoisotopic (exact) mass is 520 g/mol. The highest BCUT2D eigenvalue weighted by Crippen LogP contribution is 2.64. The van der Waals surface area contributed by atoms with Gasteiger partial charge in [-0.25, -0.2) is 0 Å². The minimum absolute atomic E-state index is 0.163. The molecule has 2 unspecified atom stereocenters. The molecule has 0 saturated carbocycles. The zero-order valence-corrected chi connectivity index (χ0v) is 22.2. The zero-order valence-electron chi connectivity index (χ0n) is 22.2. The number of rotatable bonds is 9. The zero-order chi connectivity index (χ0) is 27.4. The Morgan fingerprint density at radius 3 is 2.53 bits per heavy atom. The summed E-state index contributed by atoms with van der Waals surface area (Å²) in [5.74, 6) is -4.05. The molecule has 8 heteroatoms. The summed E-state index contributed by atoms with van der Waals surface area (Å²) < 4.78 is 6.64. The van der Waals surface area contributed by atoms with Crippen molar-refractivity contribution in [3.05, 3.63) is 55.1 Å². The number of aliphatic hydroxyl groups is 1. The summed E-state index contributed by atoms with van der Waals surface area (Å²) in [5, 5.41) is 22.6. The molecule has 0 radical (unpaired) electrons. The number of likely N-dealkylation sites (tertiary alicyclic amines) is 1. The number of fused-ring (bicyclic) bond motifs is 2. The minimum Gasteiger partial charge on any atom is -0.481 e. The fraction of sp³-hybridized carbons (Fsp3) is 0.500. The lowest BCUT2D eigenvalue weighted by Crippen LogP contribution is -2.60. The van der Waals surface area contributed by atoms with E-state index in [1.165, 1.54) is 4.90 Å². The van der Waals surface area contributed by atoms with E-state index >= 15 is 0 Å². The molecule has 5 rings (SSSR count). The molecular weight excluding hydrogens is 484 g/mol. The first-order valence-electron chi connectivity index (χ1n) is 13.4. The van der Waals surface area contributed by atoms with Crippen LogP contribution in [-0.4, -0.2) is 69.3 Å². The first-order valence-corrected chi connectivity index (χ1v) is 13.4. The van der Waals surface area contributed by atoms with Crippen molar-refractivity contribution < 1.29 is 29.3 Å². The maximum Gasteiger partial charge on any atom is 0.310 e. The van der Waals surface area contributed by atoms with Crippen LogP contribution in [0, 0.1) is 17.8 Å². The van der Waals surface area contributed by atoms with Crippen LogP contribution >= 0.6 is 0 Å². The van der Waals surface area contributed by atoms with Crippen molar-refractivity contribution in [2.24, 2.45) is 17.8 Å². The molecule has 0 aromatic heterocycles. The van der Waals surface area contributed by atoms with Gasteiger partial charge in [0, 0.05) is 12.2 Å². The number of aliphatic hydroxyl groups excluding tert-OH is 1. The highest BCUT2D eigenvalue weighted by molar-refractivity contribution is 6.05. The molecule has 3 fully saturated rings. The van der Waals surface area contributed by atoms with Gasteiger partial charge in [0.15, 0.2) is 0 Å². The van der Waals surface area contributed by atoms with E-state index in [0.717, 1.165) is 10.8 Å². The molecule has 1 spiro atoms. The van der Waals surface area contributed by atoms with Gasteiger partial charge in [-0.2, -0.15) is 0 Å². The molecule has 0 aliphatic carbocycles. The number of benzene rings is 2. The Morgan fingerprint density at radius 2 is 1.92 bits per heavy atom. The Labute approximate surface area is 222 Å². The van der Waals surface area contributed by atoms with Gasteiger partial charge in [0.25, 0.3) is 5.91 Å². The summed E-state index contributed by atoms with van der Waals surface area (Å²) in [5.41, 5.74) is -1.61. The van der Waals surface area contributed by atoms with Crippen molar-refractivity contribution in [1.82, 2.24) is 4.90 Å². The van der Waals surface area contributed by atoms with Gasteiger partial charge in [-0.1, -0.05) is 57.2 Å². The Hall–Kier alpha value is -3.23. The predicted molar refractivity (Wildman–Crippen MR) is 144 cm³/mol. The van der Waals surface area contributed by atoms with Crippen LogP contribution in [0.25, 0.3) is 10.8 Å². The van der Waals surface area contributed by atoms with E-state index in [9.17, 15) is 24.6 Å². The summed E-state index contributed by atoms with van der Waals surface area (Å²) in [4.78, 5) is 44.4. The van der Waals surface area contributed by atoms with E-state index in [1.54, 1.807) is 11.0 Å². The lowest BCUT2D eigenvalue weighted by atomic mass is 9.65. The van der Waals surface area contributed by atoms with E-state index in [1.807, 2.05) is 63.2 Å². The molecule has 6 atom stereocenters. The van der Waals surface area contributed by atoms with E-state index < -0.39 is 47.0 Å². The molecule has 3 heterocycles. The Morgan fingerprint density at radius 1 is 1.21 bits per heavy atom. The maximum absolute atomic E-state index is 14.6. The molecule has 2 aromatic rings. The van der Waals surface area contributed by atoms with Crippen LogP contribution in [0.1, 0.15) is 40.0 Å². The Bertz CT molecular complexity index is 1290.